The Balaban J connectivity index is 3.02. The SMILES string of the molecule is COc1ccc(OC)c([NH][Ta])c1. The van der Waals surface area contributed by atoms with Crippen molar-refractivity contribution in [1.82, 2.24) is 0 Å². The van der Waals surface area contributed by atoms with Crippen LogP contribution in [0.4, 0.5) is 5.69 Å². The summed E-state index contributed by atoms with van der Waals surface area (Å²) >= 11 is 1.08. The van der Waals surface area contributed by atoms with Crippen LogP contribution in [0.15, 0.2) is 18.2 Å². The van der Waals surface area contributed by atoms with Gasteiger partial charge in [0.25, 0.3) is 0 Å². The predicted octanol–water partition coefficient (Wildman–Crippen LogP) is 1.58. The molecule has 0 aliphatic heterocycles. The Morgan fingerprint density at radius 3 is 2.50 bits per heavy atom. The molecule has 0 bridgehead atoms. The first-order valence-corrected chi connectivity index (χ1v) is 5.04. The van der Waals surface area contributed by atoms with Crippen LogP contribution in [-0.2, 0) is 21.3 Å². The monoisotopic (exact) mass is 333 g/mol. The number of nitrogens with one attached hydrogen (secondary N) is 1. The minimum absolute atomic E-state index is 0.837. The zero-order chi connectivity index (χ0) is 8.97. The Hall–Kier alpha value is -0.640. The van der Waals surface area contributed by atoms with E-state index in [0.717, 1.165) is 38.5 Å². The standard InChI is InChI=1S/C8H10NO2.Ta/c1-10-6-3-4-8(11-2)7(9)5-6;/h3-5,9H,1-2H3;/q-1;+1. The molecule has 1 aromatic carbocycles. The van der Waals surface area contributed by atoms with Gasteiger partial charge in [0.1, 0.15) is 0 Å². The summed E-state index contributed by atoms with van der Waals surface area (Å²) < 4.78 is 13.3. The third-order valence-electron chi connectivity index (χ3n) is 1.53. The molecule has 0 amide bonds. The Bertz CT molecular complexity index is 265. The summed E-state index contributed by atoms with van der Waals surface area (Å²) in [5.74, 6) is 1.68. The summed E-state index contributed by atoms with van der Waals surface area (Å²) in [6.07, 6.45) is 0. The fourth-order valence-electron chi connectivity index (χ4n) is 0.901. The zero-order valence-electron chi connectivity index (χ0n) is 7.00. The number of ether oxygens (including phenoxy) is 2. The van der Waals surface area contributed by atoms with Crippen LogP contribution in [0.2, 0.25) is 0 Å². The summed E-state index contributed by atoms with van der Waals surface area (Å²) in [5, 5.41) is 0. The summed E-state index contributed by atoms with van der Waals surface area (Å²) in [5.41, 5.74) is 0.977. The first kappa shape index (κ1) is 9.45. The molecule has 64 valence electrons. The van der Waals surface area contributed by atoms with Gasteiger partial charge in [-0.3, -0.25) is 0 Å². The molecule has 1 aromatic rings. The van der Waals surface area contributed by atoms with Crippen LogP contribution in [0.1, 0.15) is 0 Å². The molecule has 4 heteroatoms. The fraction of sp³-hybridized carbons (Fsp3) is 0.250. The number of anilines is 1. The Morgan fingerprint density at radius 1 is 1.25 bits per heavy atom. The van der Waals surface area contributed by atoms with Crippen molar-refractivity contribution in [1.29, 1.82) is 0 Å². The topological polar surface area (TPSA) is 30.5 Å². The fourth-order valence-corrected chi connectivity index (χ4v) is 1.53. The van der Waals surface area contributed by atoms with Crippen molar-refractivity contribution in [3.05, 3.63) is 18.2 Å². The second-order valence-electron chi connectivity index (χ2n) is 2.18. The Kier molecular flexibility index (Phi) is 3.47. The number of methoxy groups -OCH3 is 2. The summed E-state index contributed by atoms with van der Waals surface area (Å²) in [7, 11) is 3.30. The number of hydrogen-bond acceptors (Lipinski definition) is 3. The van der Waals surface area contributed by atoms with Crippen LogP contribution in [0.25, 0.3) is 0 Å². The molecule has 0 saturated heterocycles. The average Bonchev–Trinajstić information content (AvgIpc) is 2.16. The van der Waals surface area contributed by atoms with Gasteiger partial charge in [-0.1, -0.05) is 0 Å². The van der Waals surface area contributed by atoms with Crippen LogP contribution < -0.4 is 13.2 Å². The van der Waals surface area contributed by atoms with E-state index in [0.29, 0.717) is 0 Å². The molecular weight excluding hydrogens is 323 g/mol. The van der Waals surface area contributed by atoms with Gasteiger partial charge >= 0.3 is 84.1 Å². The summed E-state index contributed by atoms with van der Waals surface area (Å²) in [6, 6.07) is 5.67. The molecule has 0 fully saturated rings. The van der Waals surface area contributed by atoms with Crippen LogP contribution in [0.5, 0.6) is 11.5 Å². The Labute approximate surface area is 84.3 Å². The zero-order valence-corrected chi connectivity index (χ0v) is 10.2. The maximum atomic E-state index is 5.14. The summed E-state index contributed by atoms with van der Waals surface area (Å²) in [4.78, 5) is 0. The van der Waals surface area contributed by atoms with Crippen molar-refractivity contribution in [3.63, 3.8) is 0 Å². The molecule has 0 aliphatic rings. The van der Waals surface area contributed by atoms with Gasteiger partial charge in [-0.2, -0.15) is 0 Å². The average molecular weight is 333 g/mol. The molecule has 0 spiro atoms. The first-order valence-electron chi connectivity index (χ1n) is 3.44. The van der Waals surface area contributed by atoms with E-state index in [9.17, 15) is 0 Å². The number of benzene rings is 1. The van der Waals surface area contributed by atoms with Crippen LogP contribution in [0.3, 0.4) is 0 Å². The van der Waals surface area contributed by atoms with Gasteiger partial charge in [-0.15, -0.1) is 0 Å². The van der Waals surface area contributed by atoms with Gasteiger partial charge < -0.3 is 0 Å². The molecule has 0 heterocycles. The van der Waals surface area contributed by atoms with Gasteiger partial charge in [0.05, 0.1) is 0 Å². The molecule has 0 saturated carbocycles. The molecule has 1 N–H and O–H groups in total. The minimum atomic E-state index is 0.837. The summed E-state index contributed by atoms with van der Waals surface area (Å²) in [6.45, 7) is 0. The van der Waals surface area contributed by atoms with Gasteiger partial charge in [-0.05, 0) is 0 Å². The van der Waals surface area contributed by atoms with Crippen LogP contribution in [0, 0.1) is 0 Å². The first-order chi connectivity index (χ1) is 5.81. The van der Waals surface area contributed by atoms with Crippen molar-refractivity contribution in [2.45, 2.75) is 0 Å². The van der Waals surface area contributed by atoms with E-state index in [-0.39, 0.29) is 0 Å². The molecule has 0 unspecified atom stereocenters. The van der Waals surface area contributed by atoms with Crippen molar-refractivity contribution in [3.8, 4) is 11.5 Å². The van der Waals surface area contributed by atoms with Gasteiger partial charge in [-0.25, -0.2) is 0 Å². The molecule has 0 atom stereocenters. The molecule has 0 aromatic heterocycles. The normalized spacial score (nSPS) is 9.17. The molecule has 3 nitrogen and oxygen atoms in total. The molecule has 12 heavy (non-hydrogen) atoms. The second kappa shape index (κ2) is 4.40. The Morgan fingerprint density at radius 2 is 2.00 bits per heavy atom. The predicted molar refractivity (Wildman–Crippen MR) is 43.2 cm³/mol. The molecule has 0 radical (unpaired) electrons. The quantitative estimate of drug-likeness (QED) is 0.911. The van der Waals surface area contributed by atoms with Crippen LogP contribution >= 0.6 is 0 Å². The van der Waals surface area contributed by atoms with Crippen molar-refractivity contribution < 1.29 is 30.8 Å². The van der Waals surface area contributed by atoms with Crippen LogP contribution in [-0.4, -0.2) is 14.2 Å². The van der Waals surface area contributed by atoms with Crippen molar-refractivity contribution in [2.75, 3.05) is 17.9 Å². The second-order valence-corrected chi connectivity index (χ2v) is 2.98. The van der Waals surface area contributed by atoms with E-state index in [4.69, 9.17) is 9.47 Å². The molecule has 0 aliphatic carbocycles. The van der Waals surface area contributed by atoms with Crippen molar-refractivity contribution in [2.24, 2.45) is 0 Å². The third kappa shape index (κ3) is 1.94. The van der Waals surface area contributed by atoms with E-state index in [2.05, 4.69) is 3.72 Å². The van der Waals surface area contributed by atoms with Gasteiger partial charge in [0.2, 0.25) is 0 Å². The number of rotatable bonds is 3. The van der Waals surface area contributed by atoms with E-state index >= 15 is 0 Å². The van der Waals surface area contributed by atoms with Gasteiger partial charge in [0, 0.05) is 0 Å². The molecular formula is C8H10NO2Ta. The van der Waals surface area contributed by atoms with E-state index in [1.807, 2.05) is 18.2 Å². The van der Waals surface area contributed by atoms with E-state index in [1.54, 1.807) is 14.2 Å². The van der Waals surface area contributed by atoms with E-state index < -0.39 is 0 Å². The maximum absolute atomic E-state index is 5.14. The van der Waals surface area contributed by atoms with E-state index in [1.165, 1.54) is 0 Å². The van der Waals surface area contributed by atoms with Gasteiger partial charge in [0.15, 0.2) is 0 Å². The number of hydrogen-bond donors (Lipinski definition) is 1. The molecule has 1 rings (SSSR count). The van der Waals surface area contributed by atoms with Crippen molar-refractivity contribution >= 4 is 5.69 Å². The third-order valence-corrected chi connectivity index (χ3v) is 2.39.